The summed E-state index contributed by atoms with van der Waals surface area (Å²) in [5.41, 5.74) is 0.138. The molecule has 0 aliphatic heterocycles. The molecule has 10 heteroatoms. The van der Waals surface area contributed by atoms with E-state index in [1.54, 1.807) is 0 Å². The number of hydrogen-bond donors (Lipinski definition) is 3. The van der Waals surface area contributed by atoms with Crippen LogP contribution in [-0.4, -0.2) is 43.5 Å². The fourth-order valence-corrected chi connectivity index (χ4v) is 1.98. The van der Waals surface area contributed by atoms with Gasteiger partial charge in [-0.25, -0.2) is 4.79 Å². The van der Waals surface area contributed by atoms with Gasteiger partial charge in [0.25, 0.3) is 11.8 Å². The van der Waals surface area contributed by atoms with Crippen molar-refractivity contribution in [1.29, 1.82) is 0 Å². The maximum Gasteiger partial charge on any atom is 0.326 e. The summed E-state index contributed by atoms with van der Waals surface area (Å²) in [5, 5.41) is 6.94. The predicted molar refractivity (Wildman–Crippen MR) is 86.9 cm³/mol. The molecule has 24 heavy (non-hydrogen) atoms. The van der Waals surface area contributed by atoms with E-state index in [0.717, 1.165) is 0 Å². The highest BCUT2D eigenvalue weighted by atomic mass is 35.5. The highest BCUT2D eigenvalue weighted by Gasteiger charge is 2.20. The monoisotopic (exact) mass is 375 g/mol. The minimum absolute atomic E-state index is 0.131. The van der Waals surface area contributed by atoms with E-state index in [1.165, 1.54) is 32.2 Å². The number of halogens is 2. The van der Waals surface area contributed by atoms with Crippen molar-refractivity contribution in [2.24, 2.45) is 0 Å². The number of carbonyl (C=O) groups excluding carboxylic acids is 4. The van der Waals surface area contributed by atoms with Gasteiger partial charge < -0.3 is 15.4 Å². The van der Waals surface area contributed by atoms with Crippen LogP contribution in [0.2, 0.25) is 10.0 Å². The molecule has 0 aliphatic carbocycles. The van der Waals surface area contributed by atoms with Crippen LogP contribution >= 0.6 is 23.2 Å². The summed E-state index contributed by atoms with van der Waals surface area (Å²) in [6.07, 6.45) is -1.20. The second kappa shape index (κ2) is 9.09. The van der Waals surface area contributed by atoms with Crippen molar-refractivity contribution < 1.29 is 23.9 Å². The average molecular weight is 376 g/mol. The van der Waals surface area contributed by atoms with E-state index in [-0.39, 0.29) is 10.6 Å². The molecule has 0 aromatic heterocycles. The molecule has 1 rings (SSSR count). The number of esters is 1. The second-order valence-corrected chi connectivity index (χ2v) is 5.35. The number of rotatable bonds is 5. The van der Waals surface area contributed by atoms with Crippen molar-refractivity contribution in [3.05, 3.63) is 33.8 Å². The van der Waals surface area contributed by atoms with E-state index in [2.05, 4.69) is 10.6 Å². The van der Waals surface area contributed by atoms with Gasteiger partial charge in [-0.05, 0) is 25.1 Å². The highest BCUT2D eigenvalue weighted by molar-refractivity contribution is 6.36. The Morgan fingerprint density at radius 2 is 1.88 bits per heavy atom. The van der Waals surface area contributed by atoms with Gasteiger partial charge in [-0.3, -0.25) is 19.7 Å². The third-order valence-corrected chi connectivity index (χ3v) is 3.26. The van der Waals surface area contributed by atoms with Crippen LogP contribution in [0.25, 0.3) is 0 Å². The van der Waals surface area contributed by atoms with Crippen molar-refractivity contribution in [2.75, 3.05) is 13.6 Å². The van der Waals surface area contributed by atoms with Crippen molar-refractivity contribution >= 4 is 47.0 Å². The second-order valence-electron chi connectivity index (χ2n) is 4.51. The van der Waals surface area contributed by atoms with Gasteiger partial charge >= 0.3 is 12.0 Å². The van der Waals surface area contributed by atoms with E-state index in [1.807, 2.05) is 5.32 Å². The van der Waals surface area contributed by atoms with Crippen molar-refractivity contribution in [2.45, 2.75) is 13.0 Å². The van der Waals surface area contributed by atoms with Gasteiger partial charge in [-0.15, -0.1) is 0 Å². The van der Waals surface area contributed by atoms with Crippen molar-refractivity contribution in [3.8, 4) is 0 Å². The van der Waals surface area contributed by atoms with E-state index < -0.39 is 36.5 Å². The van der Waals surface area contributed by atoms with Gasteiger partial charge in [0.05, 0.1) is 10.6 Å². The zero-order valence-corrected chi connectivity index (χ0v) is 14.3. The Kier molecular flexibility index (Phi) is 7.47. The molecule has 0 heterocycles. The first-order chi connectivity index (χ1) is 11.2. The molecular formula is C14H15Cl2N3O5. The molecule has 1 aromatic carbocycles. The summed E-state index contributed by atoms with van der Waals surface area (Å²) in [6, 6.07) is 3.55. The van der Waals surface area contributed by atoms with E-state index in [9.17, 15) is 19.2 Å². The molecule has 0 spiro atoms. The zero-order chi connectivity index (χ0) is 18.3. The fraction of sp³-hybridized carbons (Fsp3) is 0.286. The number of hydrogen-bond acceptors (Lipinski definition) is 5. The molecule has 0 aliphatic rings. The van der Waals surface area contributed by atoms with Crippen LogP contribution in [-0.2, 0) is 14.3 Å². The lowest BCUT2D eigenvalue weighted by Crippen LogP contribution is -2.44. The Hall–Kier alpha value is -2.32. The molecule has 1 atom stereocenters. The summed E-state index contributed by atoms with van der Waals surface area (Å²) in [7, 11) is 1.33. The van der Waals surface area contributed by atoms with Crippen molar-refractivity contribution in [1.82, 2.24) is 16.0 Å². The summed E-state index contributed by atoms with van der Waals surface area (Å²) < 4.78 is 4.79. The molecule has 0 fully saturated rings. The van der Waals surface area contributed by atoms with Crippen LogP contribution in [0.5, 0.6) is 0 Å². The summed E-state index contributed by atoms with van der Waals surface area (Å²) in [5.74, 6) is -2.25. The van der Waals surface area contributed by atoms with Crippen LogP contribution in [0, 0.1) is 0 Å². The molecule has 0 saturated heterocycles. The van der Waals surface area contributed by atoms with E-state index in [0.29, 0.717) is 5.02 Å². The lowest BCUT2D eigenvalue weighted by Gasteiger charge is -2.13. The molecule has 0 bridgehead atoms. The number of amides is 4. The molecule has 0 unspecified atom stereocenters. The maximum absolute atomic E-state index is 11.9. The van der Waals surface area contributed by atoms with Crippen molar-refractivity contribution in [3.63, 3.8) is 0 Å². The molecule has 0 radical (unpaired) electrons. The molecular weight excluding hydrogens is 361 g/mol. The van der Waals surface area contributed by atoms with Gasteiger partial charge in [0.1, 0.15) is 6.54 Å². The Balaban J connectivity index is 2.49. The normalized spacial score (nSPS) is 11.2. The maximum atomic E-state index is 11.9. The molecule has 8 nitrogen and oxygen atoms in total. The number of imide groups is 1. The predicted octanol–water partition coefficient (Wildman–Crippen LogP) is 1.11. The minimum Gasteiger partial charge on any atom is -0.451 e. The minimum atomic E-state index is -1.20. The van der Waals surface area contributed by atoms with Gasteiger partial charge in [0.2, 0.25) is 0 Å². The molecule has 4 amide bonds. The van der Waals surface area contributed by atoms with Gasteiger partial charge in [0, 0.05) is 12.1 Å². The lowest BCUT2D eigenvalue weighted by molar-refractivity contribution is -0.153. The third-order valence-electron chi connectivity index (χ3n) is 2.71. The first kappa shape index (κ1) is 19.7. The highest BCUT2D eigenvalue weighted by Crippen LogP contribution is 2.20. The Bertz CT molecular complexity index is 666. The first-order valence-electron chi connectivity index (χ1n) is 6.70. The standard InChI is InChI=1S/C14H15Cl2N3O5/c1-7(12(21)19-14(23)17-2)24-11(20)6-18-13(22)9-4-3-8(15)5-10(9)16/h3-5,7H,6H2,1-2H3,(H,18,22)(H2,17,19,21,23)/t7-/m1/s1. The summed E-state index contributed by atoms with van der Waals surface area (Å²) in [4.78, 5) is 46.0. The lowest BCUT2D eigenvalue weighted by atomic mass is 10.2. The SMILES string of the molecule is CNC(=O)NC(=O)[C@@H](C)OC(=O)CNC(=O)c1ccc(Cl)cc1Cl. The third kappa shape index (κ3) is 6.05. The largest absolute Gasteiger partial charge is 0.451 e. The number of benzene rings is 1. The molecule has 3 N–H and O–H groups in total. The van der Waals surface area contributed by atoms with Crippen LogP contribution in [0.1, 0.15) is 17.3 Å². The van der Waals surface area contributed by atoms with E-state index in [4.69, 9.17) is 27.9 Å². The Labute approximate surface area is 147 Å². The number of urea groups is 1. The number of carbonyl (C=O) groups is 4. The van der Waals surface area contributed by atoms with Crippen LogP contribution in [0.3, 0.4) is 0 Å². The first-order valence-corrected chi connectivity index (χ1v) is 7.45. The molecule has 0 saturated carbocycles. The van der Waals surface area contributed by atoms with Crippen LogP contribution < -0.4 is 16.0 Å². The van der Waals surface area contributed by atoms with Crippen LogP contribution in [0.4, 0.5) is 4.79 Å². The number of ether oxygens (including phenoxy) is 1. The summed E-state index contributed by atoms with van der Waals surface area (Å²) in [6.45, 7) is 0.809. The fourth-order valence-electron chi connectivity index (χ4n) is 1.49. The number of nitrogens with one attached hydrogen (secondary N) is 3. The quantitative estimate of drug-likeness (QED) is 0.667. The van der Waals surface area contributed by atoms with Gasteiger partial charge in [0.15, 0.2) is 6.10 Å². The smallest absolute Gasteiger partial charge is 0.326 e. The van der Waals surface area contributed by atoms with Gasteiger partial charge in [-0.1, -0.05) is 23.2 Å². The Morgan fingerprint density at radius 1 is 1.21 bits per heavy atom. The molecule has 1 aromatic rings. The average Bonchev–Trinajstić information content (AvgIpc) is 2.52. The Morgan fingerprint density at radius 3 is 2.46 bits per heavy atom. The topological polar surface area (TPSA) is 114 Å². The summed E-state index contributed by atoms with van der Waals surface area (Å²) >= 11 is 11.6. The van der Waals surface area contributed by atoms with E-state index >= 15 is 0 Å². The zero-order valence-electron chi connectivity index (χ0n) is 12.8. The van der Waals surface area contributed by atoms with Crippen LogP contribution in [0.15, 0.2) is 18.2 Å². The van der Waals surface area contributed by atoms with Gasteiger partial charge in [-0.2, -0.15) is 0 Å². The molecule has 130 valence electrons.